The summed E-state index contributed by atoms with van der Waals surface area (Å²) < 4.78 is 0. The number of nitrogens with two attached hydrogens (primary N) is 1. The zero-order valence-corrected chi connectivity index (χ0v) is 10.0. The second-order valence-electron chi connectivity index (χ2n) is 3.94. The third kappa shape index (κ3) is 2.00. The topological polar surface area (TPSA) is 94.9 Å². The number of benzene rings is 1. The van der Waals surface area contributed by atoms with Crippen molar-refractivity contribution in [3.63, 3.8) is 0 Å². The summed E-state index contributed by atoms with van der Waals surface area (Å²) in [5.74, 6) is 0.0383. The van der Waals surface area contributed by atoms with Crippen LogP contribution >= 0.6 is 0 Å². The van der Waals surface area contributed by atoms with Crippen LogP contribution in [0.4, 0.5) is 11.6 Å². The smallest absolute Gasteiger partial charge is 0.316 e. The Kier molecular flexibility index (Phi) is 2.93. The molecule has 0 saturated heterocycles. The maximum absolute atomic E-state index is 11.1. The van der Waals surface area contributed by atoms with Crippen molar-refractivity contribution in [3.8, 4) is 11.3 Å². The highest BCUT2D eigenvalue weighted by molar-refractivity contribution is 5.74. The Labute approximate surface area is 104 Å². The van der Waals surface area contributed by atoms with Crippen molar-refractivity contribution >= 4 is 11.6 Å². The molecule has 0 spiro atoms. The molecular formula is C12H12N4O2. The van der Waals surface area contributed by atoms with Crippen molar-refractivity contribution in [2.45, 2.75) is 13.8 Å². The van der Waals surface area contributed by atoms with E-state index in [0.717, 1.165) is 5.56 Å². The van der Waals surface area contributed by atoms with E-state index in [1.54, 1.807) is 19.1 Å². The zero-order valence-electron chi connectivity index (χ0n) is 10.0. The molecule has 0 aliphatic carbocycles. The molecule has 0 unspecified atom stereocenters. The Hall–Kier alpha value is -2.50. The van der Waals surface area contributed by atoms with Crippen LogP contribution < -0.4 is 5.73 Å². The lowest BCUT2D eigenvalue weighted by molar-refractivity contribution is -0.385. The molecule has 92 valence electrons. The Morgan fingerprint density at radius 2 is 1.89 bits per heavy atom. The van der Waals surface area contributed by atoms with Gasteiger partial charge in [-0.3, -0.25) is 10.1 Å². The molecule has 0 radical (unpaired) electrons. The average Bonchev–Trinajstić information content (AvgIpc) is 2.27. The van der Waals surface area contributed by atoms with Gasteiger partial charge in [-0.2, -0.15) is 0 Å². The van der Waals surface area contributed by atoms with Gasteiger partial charge in [-0.15, -0.1) is 0 Å². The summed E-state index contributed by atoms with van der Waals surface area (Å²) in [7, 11) is 0. The second kappa shape index (κ2) is 4.40. The summed E-state index contributed by atoms with van der Waals surface area (Å²) in [6.45, 7) is 3.42. The molecule has 0 fully saturated rings. The third-order valence-electron chi connectivity index (χ3n) is 2.66. The molecule has 1 heterocycles. The largest absolute Gasteiger partial charge is 0.368 e. The van der Waals surface area contributed by atoms with Crippen molar-refractivity contribution in [1.82, 2.24) is 9.97 Å². The molecule has 6 nitrogen and oxygen atoms in total. The summed E-state index contributed by atoms with van der Waals surface area (Å²) in [6, 6.07) is 7.32. The maximum atomic E-state index is 11.1. The minimum Gasteiger partial charge on any atom is -0.368 e. The van der Waals surface area contributed by atoms with Crippen LogP contribution in [-0.2, 0) is 0 Å². The van der Waals surface area contributed by atoms with E-state index in [-0.39, 0.29) is 23.0 Å². The molecule has 0 aliphatic heterocycles. The highest BCUT2D eigenvalue weighted by Crippen LogP contribution is 2.32. The first-order valence-electron chi connectivity index (χ1n) is 5.35. The quantitative estimate of drug-likeness (QED) is 0.645. The third-order valence-corrected chi connectivity index (χ3v) is 2.66. The molecular weight excluding hydrogens is 232 g/mol. The van der Waals surface area contributed by atoms with Gasteiger partial charge < -0.3 is 5.73 Å². The van der Waals surface area contributed by atoms with E-state index in [9.17, 15) is 10.1 Å². The monoisotopic (exact) mass is 244 g/mol. The molecule has 0 aliphatic rings. The van der Waals surface area contributed by atoms with E-state index >= 15 is 0 Å². The van der Waals surface area contributed by atoms with E-state index < -0.39 is 4.92 Å². The number of nitrogens with zero attached hydrogens (tertiary/aromatic N) is 3. The van der Waals surface area contributed by atoms with Gasteiger partial charge in [0.2, 0.25) is 5.95 Å². The first kappa shape index (κ1) is 12.0. The molecule has 2 N–H and O–H groups in total. The van der Waals surface area contributed by atoms with Crippen molar-refractivity contribution in [2.75, 3.05) is 5.73 Å². The Morgan fingerprint density at radius 1 is 1.22 bits per heavy atom. The molecule has 1 aromatic heterocycles. The van der Waals surface area contributed by atoms with E-state index in [1.807, 2.05) is 19.1 Å². The minimum atomic E-state index is -0.476. The fourth-order valence-corrected chi connectivity index (χ4v) is 1.83. The van der Waals surface area contributed by atoms with Crippen LogP contribution in [0.3, 0.4) is 0 Å². The van der Waals surface area contributed by atoms with E-state index in [1.165, 1.54) is 0 Å². The number of aromatic nitrogens is 2. The Balaban J connectivity index is 2.78. The molecule has 2 rings (SSSR count). The lowest BCUT2D eigenvalue weighted by atomic mass is 10.0. The number of hydrogen-bond donors (Lipinski definition) is 1. The van der Waals surface area contributed by atoms with E-state index in [0.29, 0.717) is 5.56 Å². The molecule has 1 aromatic carbocycles. The number of aryl methyl sites for hydroxylation is 2. The average molecular weight is 244 g/mol. The van der Waals surface area contributed by atoms with Gasteiger partial charge in [0, 0.05) is 5.56 Å². The number of rotatable bonds is 2. The van der Waals surface area contributed by atoms with E-state index in [2.05, 4.69) is 9.97 Å². The van der Waals surface area contributed by atoms with E-state index in [4.69, 9.17) is 5.73 Å². The molecule has 0 amide bonds. The summed E-state index contributed by atoms with van der Waals surface area (Å²) in [5.41, 5.74) is 7.61. The van der Waals surface area contributed by atoms with Crippen molar-refractivity contribution in [3.05, 3.63) is 45.6 Å². The van der Waals surface area contributed by atoms with Crippen LogP contribution in [0.25, 0.3) is 11.3 Å². The van der Waals surface area contributed by atoms with Gasteiger partial charge in [0.25, 0.3) is 0 Å². The van der Waals surface area contributed by atoms with Gasteiger partial charge in [0.15, 0.2) is 5.69 Å². The molecule has 0 atom stereocenters. The van der Waals surface area contributed by atoms with Crippen LogP contribution in [0.15, 0.2) is 24.3 Å². The highest BCUT2D eigenvalue weighted by atomic mass is 16.6. The first-order valence-corrected chi connectivity index (χ1v) is 5.35. The standard InChI is InChI=1S/C12H12N4O2/c1-7-5-3-4-6-9(7)10-11(16(17)18)8(2)14-12(13)15-10/h3-6H,1-2H3,(H2,13,14,15). The summed E-state index contributed by atoms with van der Waals surface area (Å²) in [4.78, 5) is 18.5. The minimum absolute atomic E-state index is 0.0383. The van der Waals surface area contributed by atoms with Crippen LogP contribution in [0.1, 0.15) is 11.3 Å². The van der Waals surface area contributed by atoms with Crippen molar-refractivity contribution in [2.24, 2.45) is 0 Å². The zero-order chi connectivity index (χ0) is 13.3. The van der Waals surface area contributed by atoms with Gasteiger partial charge in [0.1, 0.15) is 5.69 Å². The van der Waals surface area contributed by atoms with Crippen LogP contribution in [0.2, 0.25) is 0 Å². The fourth-order valence-electron chi connectivity index (χ4n) is 1.83. The van der Waals surface area contributed by atoms with Crippen molar-refractivity contribution < 1.29 is 4.92 Å². The normalized spacial score (nSPS) is 10.3. The molecule has 0 bridgehead atoms. The van der Waals surface area contributed by atoms with Gasteiger partial charge in [-0.05, 0) is 19.4 Å². The highest BCUT2D eigenvalue weighted by Gasteiger charge is 2.23. The van der Waals surface area contributed by atoms with Gasteiger partial charge in [-0.25, -0.2) is 9.97 Å². The lowest BCUT2D eigenvalue weighted by Gasteiger charge is -2.07. The molecule has 2 aromatic rings. The SMILES string of the molecule is Cc1ccccc1-c1nc(N)nc(C)c1[N+](=O)[O-]. The summed E-state index contributed by atoms with van der Waals surface area (Å²) in [5, 5.41) is 11.1. The number of anilines is 1. The maximum Gasteiger partial charge on any atom is 0.316 e. The summed E-state index contributed by atoms with van der Waals surface area (Å²) >= 11 is 0. The lowest BCUT2D eigenvalue weighted by Crippen LogP contribution is -2.05. The molecule has 18 heavy (non-hydrogen) atoms. The predicted molar refractivity (Wildman–Crippen MR) is 68.0 cm³/mol. The number of nitro groups is 1. The first-order chi connectivity index (χ1) is 8.50. The number of hydrogen-bond acceptors (Lipinski definition) is 5. The predicted octanol–water partition coefficient (Wildman–Crippen LogP) is 2.25. The molecule has 6 heteroatoms. The Bertz CT molecular complexity index is 625. The van der Waals surface area contributed by atoms with Crippen LogP contribution in [0.5, 0.6) is 0 Å². The molecule has 0 saturated carbocycles. The van der Waals surface area contributed by atoms with Gasteiger partial charge >= 0.3 is 5.69 Å². The second-order valence-corrected chi connectivity index (χ2v) is 3.94. The number of nitrogen functional groups attached to an aromatic ring is 1. The van der Waals surface area contributed by atoms with Crippen molar-refractivity contribution in [1.29, 1.82) is 0 Å². The fraction of sp³-hybridized carbons (Fsp3) is 0.167. The summed E-state index contributed by atoms with van der Waals surface area (Å²) in [6.07, 6.45) is 0. The van der Waals surface area contributed by atoms with Crippen LogP contribution in [0, 0.1) is 24.0 Å². The Morgan fingerprint density at radius 3 is 2.50 bits per heavy atom. The van der Waals surface area contributed by atoms with Crippen LogP contribution in [-0.4, -0.2) is 14.9 Å². The van der Waals surface area contributed by atoms with Gasteiger partial charge in [0.05, 0.1) is 4.92 Å². The van der Waals surface area contributed by atoms with Gasteiger partial charge in [-0.1, -0.05) is 24.3 Å².